The van der Waals surface area contributed by atoms with Crippen LogP contribution in [0.3, 0.4) is 0 Å². The van der Waals surface area contributed by atoms with Crippen LogP contribution in [-0.2, 0) is 4.79 Å². The van der Waals surface area contributed by atoms with Crippen molar-refractivity contribution >= 4 is 18.3 Å². The first-order valence-corrected chi connectivity index (χ1v) is 9.04. The molecule has 0 aromatic carbocycles. The van der Waals surface area contributed by atoms with E-state index >= 15 is 0 Å². The van der Waals surface area contributed by atoms with E-state index in [9.17, 15) is 20.4 Å². The first-order valence-electron chi connectivity index (χ1n) is 9.04. The van der Waals surface area contributed by atoms with Crippen molar-refractivity contribution in [2.75, 3.05) is 6.54 Å². The fourth-order valence-electron chi connectivity index (χ4n) is 6.19. The molecule has 1 aliphatic heterocycles. The minimum Gasteiger partial charge on any atom is -0.390 e. The van der Waals surface area contributed by atoms with Crippen molar-refractivity contribution in [2.24, 2.45) is 11.8 Å². The second kappa shape index (κ2) is 6.43. The summed E-state index contributed by atoms with van der Waals surface area (Å²) in [5.41, 5.74) is -0.698. The molecule has 0 aromatic heterocycles. The van der Waals surface area contributed by atoms with Crippen LogP contribution in [0.2, 0.25) is 0 Å². The number of likely N-dealkylation sites (tertiary alicyclic amines) is 1. The van der Waals surface area contributed by atoms with Crippen LogP contribution in [0.1, 0.15) is 51.4 Å². The molecule has 5 rings (SSSR count). The van der Waals surface area contributed by atoms with Gasteiger partial charge in [0, 0.05) is 5.54 Å². The van der Waals surface area contributed by atoms with Gasteiger partial charge in [-0.2, -0.15) is 10.5 Å². The number of amides is 1. The molecule has 1 saturated heterocycles. The second-order valence-electron chi connectivity index (χ2n) is 8.49. The summed E-state index contributed by atoms with van der Waals surface area (Å²) in [5, 5.41) is 32.7. The number of nitrogens with one attached hydrogen (secondary N) is 1. The molecule has 25 heavy (non-hydrogen) atoms. The van der Waals surface area contributed by atoms with Crippen molar-refractivity contribution in [3.63, 3.8) is 0 Å². The van der Waals surface area contributed by atoms with Crippen LogP contribution in [0, 0.1) is 34.5 Å². The largest absolute Gasteiger partial charge is 0.390 e. The van der Waals surface area contributed by atoms with Gasteiger partial charge in [0.05, 0.1) is 24.3 Å². The van der Waals surface area contributed by atoms with Gasteiger partial charge in [-0.15, -0.1) is 12.4 Å². The third-order valence-electron chi connectivity index (χ3n) is 6.62. The fourth-order valence-corrected chi connectivity index (χ4v) is 6.19. The predicted molar refractivity (Wildman–Crippen MR) is 92.5 cm³/mol. The smallest absolute Gasteiger partial charge is 0.238 e. The number of aliphatic hydroxyl groups is 1. The Bertz CT molecular complexity index is 604. The standard InChI is InChI=1S/C18H24N4O2.ClH/c19-8-14-1-2-15(9-20)22(14)16(23)10-21-17-4-12-3-13(5-17)7-18(24,6-12)11-17;/h12-15,21,24H,1-7,10-11H2;1H/t12-,13+,14-,15+,17?,18?;. The Morgan fingerprint density at radius 1 is 1.12 bits per heavy atom. The molecule has 1 amide bonds. The number of carbonyl (C=O) groups excluding carboxylic acids is 1. The lowest BCUT2D eigenvalue weighted by molar-refractivity contribution is -0.147. The molecule has 4 bridgehead atoms. The van der Waals surface area contributed by atoms with Gasteiger partial charge in [-0.05, 0) is 63.2 Å². The van der Waals surface area contributed by atoms with E-state index in [4.69, 9.17) is 0 Å². The van der Waals surface area contributed by atoms with Crippen LogP contribution in [0.25, 0.3) is 0 Å². The highest BCUT2D eigenvalue weighted by atomic mass is 35.5. The number of nitrogens with zero attached hydrogens (tertiary/aromatic N) is 3. The lowest BCUT2D eigenvalue weighted by Crippen LogP contribution is -2.65. The summed E-state index contributed by atoms with van der Waals surface area (Å²) in [6.45, 7) is 0.159. The Kier molecular flexibility index (Phi) is 4.75. The van der Waals surface area contributed by atoms with Crippen molar-refractivity contribution in [1.82, 2.24) is 10.2 Å². The molecule has 2 unspecified atom stereocenters. The molecule has 7 heteroatoms. The molecule has 6 atom stereocenters. The Hall–Kier alpha value is -1.34. The van der Waals surface area contributed by atoms with Crippen molar-refractivity contribution in [1.29, 1.82) is 10.5 Å². The Morgan fingerprint density at radius 2 is 1.68 bits per heavy atom. The predicted octanol–water partition coefficient (Wildman–Crippen LogP) is 1.49. The fraction of sp³-hybridized carbons (Fsp3) is 0.833. The molecule has 136 valence electrons. The van der Waals surface area contributed by atoms with Gasteiger partial charge in [0.1, 0.15) is 12.1 Å². The molecule has 4 aliphatic carbocycles. The van der Waals surface area contributed by atoms with Crippen LogP contribution >= 0.6 is 12.4 Å². The van der Waals surface area contributed by atoms with Crippen LogP contribution in [0.15, 0.2) is 0 Å². The highest BCUT2D eigenvalue weighted by molar-refractivity contribution is 5.85. The van der Waals surface area contributed by atoms with E-state index in [1.54, 1.807) is 0 Å². The van der Waals surface area contributed by atoms with Gasteiger partial charge in [0.2, 0.25) is 5.91 Å². The topological polar surface area (TPSA) is 100 Å². The summed E-state index contributed by atoms with van der Waals surface area (Å²) >= 11 is 0. The third-order valence-corrected chi connectivity index (χ3v) is 6.62. The van der Waals surface area contributed by atoms with Gasteiger partial charge in [0.25, 0.3) is 0 Å². The molecule has 5 fully saturated rings. The summed E-state index contributed by atoms with van der Waals surface area (Å²) < 4.78 is 0. The molecule has 0 radical (unpaired) electrons. The summed E-state index contributed by atoms with van der Waals surface area (Å²) in [6, 6.07) is 3.33. The van der Waals surface area contributed by atoms with Crippen LogP contribution in [-0.4, -0.2) is 45.7 Å². The molecule has 1 heterocycles. The third kappa shape index (κ3) is 3.12. The molecular formula is C18H25ClN4O2. The maximum atomic E-state index is 12.7. The summed E-state index contributed by atoms with van der Waals surface area (Å²) in [4.78, 5) is 14.1. The summed E-state index contributed by atoms with van der Waals surface area (Å²) in [6.07, 6.45) is 6.96. The van der Waals surface area contributed by atoms with E-state index in [-0.39, 0.29) is 30.4 Å². The first-order chi connectivity index (χ1) is 11.5. The van der Waals surface area contributed by atoms with Gasteiger partial charge < -0.3 is 15.3 Å². The van der Waals surface area contributed by atoms with Crippen molar-refractivity contribution in [3.8, 4) is 12.1 Å². The zero-order valence-corrected chi connectivity index (χ0v) is 15.1. The van der Waals surface area contributed by atoms with Gasteiger partial charge in [-0.25, -0.2) is 0 Å². The Morgan fingerprint density at radius 3 is 2.16 bits per heavy atom. The molecule has 4 saturated carbocycles. The zero-order chi connectivity index (χ0) is 16.9. The van der Waals surface area contributed by atoms with Gasteiger partial charge in [-0.3, -0.25) is 4.79 Å². The zero-order valence-electron chi connectivity index (χ0n) is 14.3. The summed E-state index contributed by atoms with van der Waals surface area (Å²) in [7, 11) is 0. The number of rotatable bonds is 3. The average Bonchev–Trinajstić information content (AvgIpc) is 2.93. The maximum absolute atomic E-state index is 12.7. The van der Waals surface area contributed by atoms with Gasteiger partial charge in [0.15, 0.2) is 0 Å². The molecule has 6 nitrogen and oxygen atoms in total. The van der Waals surface area contributed by atoms with Gasteiger partial charge >= 0.3 is 0 Å². The minimum atomic E-state index is -0.557. The minimum absolute atomic E-state index is 0. The lowest BCUT2D eigenvalue weighted by atomic mass is 9.51. The highest BCUT2D eigenvalue weighted by Gasteiger charge is 2.57. The number of carbonyl (C=O) groups is 1. The normalized spacial score (nSPS) is 44.0. The maximum Gasteiger partial charge on any atom is 0.238 e. The monoisotopic (exact) mass is 364 g/mol. The van der Waals surface area contributed by atoms with Crippen LogP contribution in [0.5, 0.6) is 0 Å². The number of hydrogen-bond acceptors (Lipinski definition) is 5. The number of halogens is 1. The molecule has 0 aromatic rings. The number of nitriles is 2. The SMILES string of the molecule is Cl.N#C[C@@H]1CC[C@H](C#N)N1C(=O)CNC12C[C@@H]3C[C@@H](CC(O)(C3)C1)C2. The molecule has 5 aliphatic rings. The van der Waals surface area contributed by atoms with E-state index in [1.165, 1.54) is 11.3 Å². The summed E-state index contributed by atoms with van der Waals surface area (Å²) in [5.74, 6) is 0.960. The van der Waals surface area contributed by atoms with Crippen molar-refractivity contribution in [3.05, 3.63) is 0 Å². The molecule has 0 spiro atoms. The second-order valence-corrected chi connectivity index (χ2v) is 8.49. The Balaban J connectivity index is 0.00000182. The quantitative estimate of drug-likeness (QED) is 0.790. The van der Waals surface area contributed by atoms with E-state index in [2.05, 4.69) is 17.5 Å². The van der Waals surface area contributed by atoms with Gasteiger partial charge in [-0.1, -0.05) is 0 Å². The van der Waals surface area contributed by atoms with Crippen molar-refractivity contribution < 1.29 is 9.90 Å². The average molecular weight is 365 g/mol. The molecular weight excluding hydrogens is 340 g/mol. The molecule has 2 N–H and O–H groups in total. The van der Waals surface area contributed by atoms with Crippen LogP contribution in [0.4, 0.5) is 0 Å². The van der Waals surface area contributed by atoms with Crippen LogP contribution < -0.4 is 5.32 Å². The van der Waals surface area contributed by atoms with E-state index in [0.29, 0.717) is 24.7 Å². The highest BCUT2D eigenvalue weighted by Crippen LogP contribution is 2.57. The number of hydrogen-bond donors (Lipinski definition) is 2. The Labute approximate surface area is 154 Å². The lowest BCUT2D eigenvalue weighted by Gasteiger charge is -2.60. The van der Waals surface area contributed by atoms with E-state index < -0.39 is 17.7 Å². The van der Waals surface area contributed by atoms with Crippen molar-refractivity contribution in [2.45, 2.75) is 74.6 Å². The first kappa shape index (κ1) is 18.5. The van der Waals surface area contributed by atoms with E-state index in [1.807, 2.05) is 0 Å². The van der Waals surface area contributed by atoms with E-state index in [0.717, 1.165) is 32.1 Å².